The summed E-state index contributed by atoms with van der Waals surface area (Å²) in [5, 5.41) is 3.57. The average molecular weight is 302 g/mol. The first-order valence-corrected chi connectivity index (χ1v) is 4.88. The van der Waals surface area contributed by atoms with Gasteiger partial charge < -0.3 is 4.74 Å². The van der Waals surface area contributed by atoms with Gasteiger partial charge in [0.25, 0.3) is 5.82 Å². The van der Waals surface area contributed by atoms with Gasteiger partial charge in [-0.1, -0.05) is 0 Å². The second-order valence-electron chi connectivity index (χ2n) is 2.78. The molecule has 0 aromatic carbocycles. The van der Waals surface area contributed by atoms with E-state index in [9.17, 15) is 18.0 Å². The zero-order valence-corrected chi connectivity index (χ0v) is 9.67. The molecule has 0 saturated heterocycles. The molecule has 0 atom stereocenters. The number of hydrogen-bond donors (Lipinski definition) is 0. The summed E-state index contributed by atoms with van der Waals surface area (Å²) >= 11 is 2.90. The molecule has 0 N–H and O–H groups in total. The molecule has 1 aromatic rings. The van der Waals surface area contributed by atoms with Gasteiger partial charge in [-0.3, -0.25) is 0 Å². The molecule has 0 saturated carbocycles. The van der Waals surface area contributed by atoms with E-state index in [-0.39, 0.29) is 10.6 Å². The van der Waals surface area contributed by atoms with E-state index >= 15 is 0 Å². The number of ether oxygens (including phenoxy) is 1. The van der Waals surface area contributed by atoms with Crippen LogP contribution >= 0.6 is 15.9 Å². The molecule has 1 rings (SSSR count). The van der Waals surface area contributed by atoms with Crippen LogP contribution < -0.4 is 0 Å². The highest BCUT2D eigenvalue weighted by molar-refractivity contribution is 9.10. The molecular formula is C7H7BrF3N3O2. The molecule has 0 aliphatic carbocycles. The van der Waals surface area contributed by atoms with Crippen LogP contribution in [0.4, 0.5) is 13.2 Å². The fraction of sp³-hybridized carbons (Fsp3) is 0.571. The van der Waals surface area contributed by atoms with Crippen molar-refractivity contribution >= 4 is 21.9 Å². The van der Waals surface area contributed by atoms with Crippen molar-refractivity contribution in [3.05, 3.63) is 10.6 Å². The van der Waals surface area contributed by atoms with Crippen molar-refractivity contribution in [2.45, 2.75) is 19.1 Å². The maximum Gasteiger partial charge on any atom is 0.390 e. The molecule has 0 aliphatic heterocycles. The standard InChI is InChI=1S/C7H7BrF3N3O2/c1-16-5(15)4-12-6(8)14(13-4)3-2-7(9,10)11/h2-3H2,1H3. The third kappa shape index (κ3) is 3.47. The Morgan fingerprint density at radius 2 is 2.19 bits per heavy atom. The predicted molar refractivity (Wildman–Crippen MR) is 49.7 cm³/mol. The highest BCUT2D eigenvalue weighted by atomic mass is 79.9. The lowest BCUT2D eigenvalue weighted by Gasteiger charge is -2.05. The van der Waals surface area contributed by atoms with Gasteiger partial charge >= 0.3 is 12.1 Å². The smallest absolute Gasteiger partial charge is 0.390 e. The van der Waals surface area contributed by atoms with E-state index in [0.29, 0.717) is 0 Å². The SMILES string of the molecule is COC(=O)c1nc(Br)n(CCC(F)(F)F)n1. The zero-order valence-electron chi connectivity index (χ0n) is 8.08. The van der Waals surface area contributed by atoms with Crippen LogP contribution in [-0.4, -0.2) is 34.0 Å². The molecule has 0 spiro atoms. The molecule has 0 bridgehead atoms. The lowest BCUT2D eigenvalue weighted by Crippen LogP contribution is -2.13. The number of nitrogens with zero attached hydrogens (tertiary/aromatic N) is 3. The minimum atomic E-state index is -4.28. The van der Waals surface area contributed by atoms with Gasteiger partial charge in [0.2, 0.25) is 0 Å². The van der Waals surface area contributed by atoms with Gasteiger partial charge in [-0.2, -0.15) is 18.2 Å². The summed E-state index contributed by atoms with van der Waals surface area (Å²) in [6.07, 6.45) is -5.33. The van der Waals surface area contributed by atoms with Gasteiger partial charge in [0.1, 0.15) is 0 Å². The van der Waals surface area contributed by atoms with Crippen LogP contribution in [0, 0.1) is 0 Å². The van der Waals surface area contributed by atoms with Gasteiger partial charge in [0.05, 0.1) is 20.1 Å². The minimum absolute atomic E-state index is 0.0529. The maximum atomic E-state index is 11.9. The van der Waals surface area contributed by atoms with E-state index in [1.54, 1.807) is 0 Å². The molecule has 90 valence electrons. The summed E-state index contributed by atoms with van der Waals surface area (Å²) in [7, 11) is 1.13. The summed E-state index contributed by atoms with van der Waals surface area (Å²) in [4.78, 5) is 14.6. The Labute approximate surface area is 96.7 Å². The van der Waals surface area contributed by atoms with Gasteiger partial charge in [-0.25, -0.2) is 9.48 Å². The first kappa shape index (κ1) is 12.9. The Balaban J connectivity index is 2.75. The van der Waals surface area contributed by atoms with E-state index in [1.807, 2.05) is 0 Å². The molecule has 0 radical (unpaired) electrons. The molecule has 9 heteroatoms. The van der Waals surface area contributed by atoms with Crippen LogP contribution in [0.1, 0.15) is 17.0 Å². The van der Waals surface area contributed by atoms with Crippen molar-refractivity contribution in [2.75, 3.05) is 7.11 Å². The number of alkyl halides is 3. The molecule has 0 aliphatic rings. The van der Waals surface area contributed by atoms with E-state index in [4.69, 9.17) is 0 Å². The molecule has 0 amide bonds. The number of aromatic nitrogens is 3. The molecular weight excluding hydrogens is 295 g/mol. The predicted octanol–water partition coefficient (Wildman–Crippen LogP) is 1.78. The van der Waals surface area contributed by atoms with Crippen molar-refractivity contribution in [3.8, 4) is 0 Å². The lowest BCUT2D eigenvalue weighted by molar-refractivity contribution is -0.137. The Kier molecular flexibility index (Phi) is 3.89. The number of carbonyl (C=O) groups is 1. The summed E-state index contributed by atoms with van der Waals surface area (Å²) < 4.78 is 41.1. The third-order valence-corrected chi connectivity index (χ3v) is 2.19. The fourth-order valence-corrected chi connectivity index (χ4v) is 1.30. The third-order valence-electron chi connectivity index (χ3n) is 1.60. The second-order valence-corrected chi connectivity index (χ2v) is 3.49. The number of rotatable bonds is 3. The Morgan fingerprint density at radius 3 is 2.69 bits per heavy atom. The van der Waals surface area contributed by atoms with Crippen LogP contribution in [0.25, 0.3) is 0 Å². The van der Waals surface area contributed by atoms with Gasteiger partial charge in [-0.15, -0.1) is 5.10 Å². The van der Waals surface area contributed by atoms with Crippen LogP contribution in [0.3, 0.4) is 0 Å². The molecule has 1 aromatic heterocycles. The van der Waals surface area contributed by atoms with Crippen molar-refractivity contribution in [1.82, 2.24) is 14.8 Å². The number of aryl methyl sites for hydroxylation is 1. The minimum Gasteiger partial charge on any atom is -0.463 e. The van der Waals surface area contributed by atoms with Crippen LogP contribution in [0.15, 0.2) is 4.73 Å². The highest BCUT2D eigenvalue weighted by Gasteiger charge is 2.27. The fourth-order valence-electron chi connectivity index (χ4n) is 0.876. The van der Waals surface area contributed by atoms with Crippen LogP contribution in [0.2, 0.25) is 0 Å². The van der Waals surface area contributed by atoms with Crippen molar-refractivity contribution in [2.24, 2.45) is 0 Å². The highest BCUT2D eigenvalue weighted by Crippen LogP contribution is 2.21. The summed E-state index contributed by atoms with van der Waals surface area (Å²) in [5.74, 6) is -1.08. The van der Waals surface area contributed by atoms with E-state index in [0.717, 1.165) is 11.8 Å². The van der Waals surface area contributed by atoms with Gasteiger partial charge in [-0.05, 0) is 15.9 Å². The number of carbonyl (C=O) groups excluding carboxylic acids is 1. The molecule has 1 heterocycles. The first-order valence-electron chi connectivity index (χ1n) is 4.09. The van der Waals surface area contributed by atoms with Gasteiger partial charge in [0, 0.05) is 0 Å². The van der Waals surface area contributed by atoms with E-state index < -0.39 is 25.1 Å². The molecule has 5 nitrogen and oxygen atoms in total. The summed E-state index contributed by atoms with van der Waals surface area (Å²) in [5.41, 5.74) is 0. The Morgan fingerprint density at radius 1 is 1.56 bits per heavy atom. The number of esters is 1. The quantitative estimate of drug-likeness (QED) is 0.799. The zero-order chi connectivity index (χ0) is 12.3. The van der Waals surface area contributed by atoms with Crippen LogP contribution in [0.5, 0.6) is 0 Å². The van der Waals surface area contributed by atoms with Crippen molar-refractivity contribution < 1.29 is 22.7 Å². The number of halogens is 4. The largest absolute Gasteiger partial charge is 0.463 e. The van der Waals surface area contributed by atoms with Crippen LogP contribution in [-0.2, 0) is 11.3 Å². The molecule has 0 fully saturated rings. The van der Waals surface area contributed by atoms with Gasteiger partial charge in [0.15, 0.2) is 4.73 Å². The number of hydrogen-bond acceptors (Lipinski definition) is 4. The number of methoxy groups -OCH3 is 1. The summed E-state index contributed by atoms with van der Waals surface area (Å²) in [6.45, 7) is -0.409. The second kappa shape index (κ2) is 4.81. The van der Waals surface area contributed by atoms with Crippen molar-refractivity contribution in [3.63, 3.8) is 0 Å². The normalized spacial score (nSPS) is 11.6. The first-order chi connectivity index (χ1) is 7.33. The Hall–Kier alpha value is -1.12. The average Bonchev–Trinajstić information content (AvgIpc) is 2.54. The van der Waals surface area contributed by atoms with E-state index in [2.05, 4.69) is 30.7 Å². The van der Waals surface area contributed by atoms with Crippen molar-refractivity contribution in [1.29, 1.82) is 0 Å². The van der Waals surface area contributed by atoms with E-state index in [1.165, 1.54) is 0 Å². The Bertz CT molecular complexity index is 391. The molecule has 16 heavy (non-hydrogen) atoms. The topological polar surface area (TPSA) is 57.0 Å². The maximum absolute atomic E-state index is 11.9. The monoisotopic (exact) mass is 301 g/mol. The summed E-state index contributed by atoms with van der Waals surface area (Å²) in [6, 6.07) is 0. The lowest BCUT2D eigenvalue weighted by atomic mass is 10.4. The molecule has 0 unspecified atom stereocenters.